The molecule has 0 spiro atoms. The zero-order valence-corrected chi connectivity index (χ0v) is 13.0. The molecule has 0 aromatic heterocycles. The third-order valence-corrected chi connectivity index (χ3v) is 4.05. The third-order valence-electron chi connectivity index (χ3n) is 4.05. The van der Waals surface area contributed by atoms with E-state index in [1.165, 1.54) is 16.7 Å². The minimum Gasteiger partial charge on any atom is -0.299 e. The van der Waals surface area contributed by atoms with E-state index in [4.69, 9.17) is 0 Å². The molecular weight excluding hydrogens is 232 g/mol. The van der Waals surface area contributed by atoms with E-state index >= 15 is 0 Å². The first-order chi connectivity index (χ1) is 9.04. The quantitative estimate of drug-likeness (QED) is 0.609. The molecular formula is C18H28O. The molecule has 1 aliphatic rings. The van der Waals surface area contributed by atoms with E-state index in [1.54, 1.807) is 0 Å². The Bertz CT molecular complexity index is 396. The summed E-state index contributed by atoms with van der Waals surface area (Å²) < 4.78 is 0. The Kier molecular flexibility index (Phi) is 6.83. The minimum atomic E-state index is 0.126. The Labute approximate surface area is 118 Å². The average Bonchev–Trinajstić information content (AvgIpc) is 2.37. The van der Waals surface area contributed by atoms with E-state index in [0.29, 0.717) is 12.2 Å². The van der Waals surface area contributed by atoms with Crippen molar-refractivity contribution >= 4 is 5.78 Å². The number of hydrogen-bond acceptors (Lipinski definition) is 1. The van der Waals surface area contributed by atoms with Crippen LogP contribution in [0.2, 0.25) is 0 Å². The topological polar surface area (TPSA) is 17.1 Å². The van der Waals surface area contributed by atoms with Gasteiger partial charge in [-0.3, -0.25) is 4.79 Å². The lowest BCUT2D eigenvalue weighted by atomic mass is 9.87. The second-order valence-electron chi connectivity index (χ2n) is 5.73. The summed E-state index contributed by atoms with van der Waals surface area (Å²) >= 11 is 0. The maximum absolute atomic E-state index is 12.1. The molecule has 1 unspecified atom stereocenters. The van der Waals surface area contributed by atoms with Gasteiger partial charge >= 0.3 is 0 Å². The van der Waals surface area contributed by atoms with Gasteiger partial charge in [0.15, 0.2) is 0 Å². The van der Waals surface area contributed by atoms with Gasteiger partial charge in [0.2, 0.25) is 0 Å². The van der Waals surface area contributed by atoms with Crippen molar-refractivity contribution in [2.45, 2.75) is 66.2 Å². The van der Waals surface area contributed by atoms with Crippen LogP contribution in [0.25, 0.3) is 0 Å². The summed E-state index contributed by atoms with van der Waals surface area (Å²) in [6, 6.07) is 0. The van der Waals surface area contributed by atoms with Gasteiger partial charge < -0.3 is 0 Å². The minimum absolute atomic E-state index is 0.126. The van der Waals surface area contributed by atoms with Crippen molar-refractivity contribution in [2.24, 2.45) is 5.92 Å². The van der Waals surface area contributed by atoms with Gasteiger partial charge in [-0.15, -0.1) is 0 Å². The van der Waals surface area contributed by atoms with E-state index in [0.717, 1.165) is 32.1 Å². The van der Waals surface area contributed by atoms with E-state index in [2.05, 4.69) is 39.0 Å². The molecule has 1 aliphatic carbocycles. The zero-order valence-electron chi connectivity index (χ0n) is 13.0. The first-order valence-corrected chi connectivity index (χ1v) is 7.55. The largest absolute Gasteiger partial charge is 0.299 e. The fraction of sp³-hybridized carbons (Fsp3) is 0.611. The average molecular weight is 260 g/mol. The van der Waals surface area contributed by atoms with Crippen LogP contribution in [-0.2, 0) is 4.79 Å². The van der Waals surface area contributed by atoms with Gasteiger partial charge in [-0.2, -0.15) is 0 Å². The molecule has 0 aliphatic heterocycles. The van der Waals surface area contributed by atoms with E-state index < -0.39 is 0 Å². The summed E-state index contributed by atoms with van der Waals surface area (Å²) in [5, 5.41) is 0. The summed E-state index contributed by atoms with van der Waals surface area (Å²) in [4.78, 5) is 12.1. The number of allylic oxidation sites excluding steroid dienone is 6. The number of carbonyl (C=O) groups excluding carboxylic acids is 1. The Morgan fingerprint density at radius 2 is 1.79 bits per heavy atom. The first kappa shape index (κ1) is 15.9. The molecule has 0 saturated heterocycles. The molecule has 0 saturated carbocycles. The summed E-state index contributed by atoms with van der Waals surface area (Å²) in [7, 11) is 0. The normalized spacial score (nSPS) is 30.7. The van der Waals surface area contributed by atoms with Crippen LogP contribution in [0.3, 0.4) is 0 Å². The van der Waals surface area contributed by atoms with Gasteiger partial charge in [0.1, 0.15) is 5.78 Å². The Balaban J connectivity index is 2.91. The van der Waals surface area contributed by atoms with Gasteiger partial charge in [0.25, 0.3) is 0 Å². The molecule has 19 heavy (non-hydrogen) atoms. The number of rotatable bonds is 2. The second kappa shape index (κ2) is 8.14. The highest BCUT2D eigenvalue weighted by atomic mass is 16.1. The lowest BCUT2D eigenvalue weighted by molar-refractivity contribution is -0.121. The predicted molar refractivity (Wildman–Crippen MR) is 83.1 cm³/mol. The van der Waals surface area contributed by atoms with Gasteiger partial charge in [0, 0.05) is 12.3 Å². The Hall–Kier alpha value is -1.11. The van der Waals surface area contributed by atoms with Crippen molar-refractivity contribution < 1.29 is 4.79 Å². The van der Waals surface area contributed by atoms with Crippen LogP contribution >= 0.6 is 0 Å². The molecule has 0 bridgehead atoms. The SMILES string of the molecule is CCC(=O)C1CC/C(C)=C/CC/C(C)=C/C/C=C/1C. The summed E-state index contributed by atoms with van der Waals surface area (Å²) in [6.45, 7) is 8.48. The highest BCUT2D eigenvalue weighted by molar-refractivity contribution is 5.83. The number of ketones is 1. The molecule has 0 N–H and O–H groups in total. The Morgan fingerprint density at radius 3 is 2.47 bits per heavy atom. The monoisotopic (exact) mass is 260 g/mol. The smallest absolute Gasteiger partial charge is 0.139 e. The van der Waals surface area contributed by atoms with Gasteiger partial charge in [-0.25, -0.2) is 0 Å². The first-order valence-electron chi connectivity index (χ1n) is 7.55. The van der Waals surface area contributed by atoms with Crippen LogP contribution in [0.15, 0.2) is 34.9 Å². The summed E-state index contributed by atoms with van der Waals surface area (Å²) in [6.07, 6.45) is 12.8. The van der Waals surface area contributed by atoms with Crippen LogP contribution in [0.1, 0.15) is 66.2 Å². The van der Waals surface area contributed by atoms with Crippen molar-refractivity contribution in [3.8, 4) is 0 Å². The molecule has 0 aromatic rings. The van der Waals surface area contributed by atoms with Crippen molar-refractivity contribution in [3.05, 3.63) is 34.9 Å². The molecule has 0 aromatic carbocycles. The van der Waals surface area contributed by atoms with Gasteiger partial charge in [-0.05, 0) is 52.9 Å². The van der Waals surface area contributed by atoms with Crippen LogP contribution in [0.5, 0.6) is 0 Å². The maximum atomic E-state index is 12.1. The molecule has 0 fully saturated rings. The number of Topliss-reactive ketones (excluding diaryl/α,β-unsaturated/α-hetero) is 1. The molecule has 0 heterocycles. The number of hydrogen-bond donors (Lipinski definition) is 0. The third kappa shape index (κ3) is 5.59. The highest BCUT2D eigenvalue weighted by Crippen LogP contribution is 2.24. The van der Waals surface area contributed by atoms with Gasteiger partial charge in [0.05, 0.1) is 0 Å². The van der Waals surface area contributed by atoms with Crippen LogP contribution in [-0.4, -0.2) is 5.78 Å². The van der Waals surface area contributed by atoms with Crippen molar-refractivity contribution in [2.75, 3.05) is 0 Å². The van der Waals surface area contributed by atoms with Crippen LogP contribution in [0, 0.1) is 5.92 Å². The standard InChI is InChI=1S/C18H28O/c1-5-18(19)17-13-12-15(3)9-6-8-14(2)10-7-11-16(17)4/h9-11,17H,5-8,12-13H2,1-4H3/b14-10+,15-9+,16-11+. The predicted octanol–water partition coefficient (Wildman–Crippen LogP) is 5.38. The second-order valence-corrected chi connectivity index (χ2v) is 5.73. The highest BCUT2D eigenvalue weighted by Gasteiger charge is 2.18. The van der Waals surface area contributed by atoms with Crippen molar-refractivity contribution in [1.82, 2.24) is 0 Å². The van der Waals surface area contributed by atoms with E-state index in [-0.39, 0.29) is 5.92 Å². The lowest BCUT2D eigenvalue weighted by Crippen LogP contribution is -2.15. The summed E-state index contributed by atoms with van der Waals surface area (Å²) in [5.41, 5.74) is 4.13. The van der Waals surface area contributed by atoms with Crippen molar-refractivity contribution in [1.29, 1.82) is 0 Å². The summed E-state index contributed by atoms with van der Waals surface area (Å²) in [5.74, 6) is 0.515. The lowest BCUT2D eigenvalue weighted by Gasteiger charge is -2.17. The molecule has 0 radical (unpaired) electrons. The molecule has 1 rings (SSSR count). The van der Waals surface area contributed by atoms with Crippen LogP contribution in [0.4, 0.5) is 0 Å². The van der Waals surface area contributed by atoms with Crippen molar-refractivity contribution in [3.63, 3.8) is 0 Å². The number of carbonyl (C=O) groups is 1. The van der Waals surface area contributed by atoms with E-state index in [1.807, 2.05) is 6.92 Å². The zero-order chi connectivity index (χ0) is 14.3. The van der Waals surface area contributed by atoms with Crippen LogP contribution < -0.4 is 0 Å². The molecule has 1 atom stereocenters. The Morgan fingerprint density at radius 1 is 1.11 bits per heavy atom. The molecule has 0 amide bonds. The maximum Gasteiger partial charge on any atom is 0.139 e. The van der Waals surface area contributed by atoms with E-state index in [9.17, 15) is 4.79 Å². The fourth-order valence-electron chi connectivity index (χ4n) is 2.60. The molecule has 1 heteroatoms. The fourth-order valence-corrected chi connectivity index (χ4v) is 2.60. The molecule has 106 valence electrons. The van der Waals surface area contributed by atoms with Gasteiger partial charge in [-0.1, -0.05) is 41.9 Å². The molecule has 1 nitrogen and oxygen atoms in total.